The van der Waals surface area contributed by atoms with Crippen LogP contribution in [0.3, 0.4) is 0 Å². The number of rotatable bonds is 5. The van der Waals surface area contributed by atoms with Gasteiger partial charge >= 0.3 is 0 Å². The molecule has 1 amide bonds. The summed E-state index contributed by atoms with van der Waals surface area (Å²) < 4.78 is 1.07. The second-order valence-electron chi connectivity index (χ2n) is 5.47. The van der Waals surface area contributed by atoms with E-state index in [0.29, 0.717) is 6.04 Å². The molecule has 1 fully saturated rings. The first-order chi connectivity index (χ1) is 9.69. The lowest BCUT2D eigenvalue weighted by Crippen LogP contribution is -2.45. The van der Waals surface area contributed by atoms with Gasteiger partial charge < -0.3 is 10.6 Å². The zero-order valence-corrected chi connectivity index (χ0v) is 13.6. The Labute approximate surface area is 129 Å². The molecule has 0 bridgehead atoms. The van der Waals surface area contributed by atoms with Crippen LogP contribution in [0.4, 0.5) is 0 Å². The molecule has 110 valence electrons. The lowest BCUT2D eigenvalue weighted by Gasteiger charge is -2.26. The van der Waals surface area contributed by atoms with E-state index < -0.39 is 0 Å². The van der Waals surface area contributed by atoms with Crippen LogP contribution in [0.25, 0.3) is 0 Å². The van der Waals surface area contributed by atoms with Crippen LogP contribution in [0, 0.1) is 5.92 Å². The second-order valence-corrected chi connectivity index (χ2v) is 6.39. The van der Waals surface area contributed by atoms with Gasteiger partial charge in [-0.15, -0.1) is 0 Å². The Morgan fingerprint density at radius 1 is 1.45 bits per heavy atom. The van der Waals surface area contributed by atoms with E-state index in [0.717, 1.165) is 43.2 Å². The van der Waals surface area contributed by atoms with Gasteiger partial charge in [0.2, 0.25) is 5.91 Å². The Morgan fingerprint density at radius 2 is 2.20 bits per heavy atom. The second kappa shape index (κ2) is 7.79. The first-order valence-corrected chi connectivity index (χ1v) is 8.24. The summed E-state index contributed by atoms with van der Waals surface area (Å²) in [5, 5.41) is 6.53. The minimum atomic E-state index is 0.0687. The number of carbonyl (C=O) groups is 1. The van der Waals surface area contributed by atoms with Gasteiger partial charge in [-0.05, 0) is 56.5 Å². The number of piperidine rings is 1. The fourth-order valence-electron chi connectivity index (χ4n) is 2.66. The van der Waals surface area contributed by atoms with Crippen LogP contribution in [-0.4, -0.2) is 25.0 Å². The number of nitrogens with one attached hydrogen (secondary N) is 2. The largest absolute Gasteiger partial charge is 0.353 e. The standard InChI is InChI=1S/C16H23BrN2O/c1-2-13(10-12-4-3-5-14(17)11-12)16(20)19-15-6-8-18-9-7-15/h3-5,11,13,15,18H,2,6-10H2,1H3,(H,19,20). The van der Waals surface area contributed by atoms with Gasteiger partial charge in [0.25, 0.3) is 0 Å². The predicted octanol–water partition coefficient (Wildman–Crippen LogP) is 2.89. The molecule has 1 atom stereocenters. The summed E-state index contributed by atoms with van der Waals surface area (Å²) in [6, 6.07) is 8.57. The van der Waals surface area contributed by atoms with E-state index in [1.165, 1.54) is 5.56 Å². The molecule has 1 aliphatic rings. The zero-order chi connectivity index (χ0) is 14.4. The summed E-state index contributed by atoms with van der Waals surface area (Å²) in [5.74, 6) is 0.276. The Balaban J connectivity index is 1.91. The minimum absolute atomic E-state index is 0.0687. The summed E-state index contributed by atoms with van der Waals surface area (Å²) >= 11 is 3.48. The lowest BCUT2D eigenvalue weighted by atomic mass is 9.95. The quantitative estimate of drug-likeness (QED) is 0.866. The molecular formula is C16H23BrN2O. The molecule has 1 saturated heterocycles. The SMILES string of the molecule is CCC(Cc1cccc(Br)c1)C(=O)NC1CCNCC1. The Kier molecular flexibility index (Phi) is 6.05. The topological polar surface area (TPSA) is 41.1 Å². The van der Waals surface area contributed by atoms with Crippen LogP contribution >= 0.6 is 15.9 Å². The molecule has 0 aromatic heterocycles. The molecule has 1 aliphatic heterocycles. The number of hydrogen-bond acceptors (Lipinski definition) is 2. The van der Waals surface area contributed by atoms with E-state index in [1.54, 1.807) is 0 Å². The van der Waals surface area contributed by atoms with E-state index in [1.807, 2.05) is 12.1 Å². The van der Waals surface area contributed by atoms with E-state index in [9.17, 15) is 4.79 Å². The first-order valence-electron chi connectivity index (χ1n) is 7.44. The van der Waals surface area contributed by atoms with Crippen LogP contribution in [-0.2, 0) is 11.2 Å². The molecule has 0 radical (unpaired) electrons. The molecule has 20 heavy (non-hydrogen) atoms. The fraction of sp³-hybridized carbons (Fsp3) is 0.562. The normalized spacial score (nSPS) is 17.7. The van der Waals surface area contributed by atoms with Crippen molar-refractivity contribution in [3.63, 3.8) is 0 Å². The van der Waals surface area contributed by atoms with Gasteiger partial charge in [-0.25, -0.2) is 0 Å². The van der Waals surface area contributed by atoms with Crippen LogP contribution in [0.1, 0.15) is 31.7 Å². The van der Waals surface area contributed by atoms with E-state index >= 15 is 0 Å². The summed E-state index contributed by atoms with van der Waals surface area (Å²) in [4.78, 5) is 12.4. The molecular weight excluding hydrogens is 316 g/mol. The smallest absolute Gasteiger partial charge is 0.223 e. The van der Waals surface area contributed by atoms with Crippen molar-refractivity contribution in [1.29, 1.82) is 0 Å². The highest BCUT2D eigenvalue weighted by molar-refractivity contribution is 9.10. The van der Waals surface area contributed by atoms with Crippen molar-refractivity contribution in [2.75, 3.05) is 13.1 Å². The molecule has 0 saturated carbocycles. The van der Waals surface area contributed by atoms with Gasteiger partial charge in [0.1, 0.15) is 0 Å². The van der Waals surface area contributed by atoms with Gasteiger partial charge in [0.05, 0.1) is 0 Å². The summed E-state index contributed by atoms with van der Waals surface area (Å²) in [6.07, 6.45) is 3.77. The van der Waals surface area contributed by atoms with Crippen molar-refractivity contribution in [3.05, 3.63) is 34.3 Å². The Bertz CT molecular complexity index is 444. The molecule has 4 heteroatoms. The van der Waals surface area contributed by atoms with Gasteiger partial charge in [0.15, 0.2) is 0 Å². The molecule has 3 nitrogen and oxygen atoms in total. The van der Waals surface area contributed by atoms with Gasteiger partial charge in [0, 0.05) is 16.4 Å². The van der Waals surface area contributed by atoms with Gasteiger partial charge in [-0.1, -0.05) is 35.0 Å². The predicted molar refractivity (Wildman–Crippen MR) is 85.7 cm³/mol. The van der Waals surface area contributed by atoms with Gasteiger partial charge in [-0.3, -0.25) is 4.79 Å². The maximum absolute atomic E-state index is 12.4. The van der Waals surface area contributed by atoms with Crippen molar-refractivity contribution >= 4 is 21.8 Å². The van der Waals surface area contributed by atoms with Crippen molar-refractivity contribution in [2.45, 2.75) is 38.6 Å². The maximum atomic E-state index is 12.4. The summed E-state index contributed by atoms with van der Waals surface area (Å²) in [7, 11) is 0. The highest BCUT2D eigenvalue weighted by Crippen LogP contribution is 2.17. The van der Waals surface area contributed by atoms with Crippen LogP contribution < -0.4 is 10.6 Å². The summed E-state index contributed by atoms with van der Waals surface area (Å²) in [5.41, 5.74) is 1.21. The number of benzene rings is 1. The van der Waals surface area contributed by atoms with Crippen molar-refractivity contribution in [2.24, 2.45) is 5.92 Å². The summed E-state index contributed by atoms with van der Waals surface area (Å²) in [6.45, 7) is 4.10. The average molecular weight is 339 g/mol. The molecule has 1 heterocycles. The van der Waals surface area contributed by atoms with Crippen LogP contribution in [0.15, 0.2) is 28.7 Å². The number of amides is 1. The van der Waals surface area contributed by atoms with E-state index in [4.69, 9.17) is 0 Å². The molecule has 0 spiro atoms. The van der Waals surface area contributed by atoms with E-state index in [-0.39, 0.29) is 11.8 Å². The molecule has 1 aromatic rings. The van der Waals surface area contributed by atoms with Crippen molar-refractivity contribution < 1.29 is 4.79 Å². The van der Waals surface area contributed by atoms with Crippen LogP contribution in [0.5, 0.6) is 0 Å². The number of halogens is 1. The van der Waals surface area contributed by atoms with Crippen LogP contribution in [0.2, 0.25) is 0 Å². The van der Waals surface area contributed by atoms with Gasteiger partial charge in [-0.2, -0.15) is 0 Å². The van der Waals surface area contributed by atoms with Crippen molar-refractivity contribution in [1.82, 2.24) is 10.6 Å². The average Bonchev–Trinajstić information content (AvgIpc) is 2.46. The third-order valence-electron chi connectivity index (χ3n) is 3.92. The number of hydrogen-bond donors (Lipinski definition) is 2. The molecule has 2 rings (SSSR count). The third-order valence-corrected chi connectivity index (χ3v) is 4.41. The molecule has 0 aliphatic carbocycles. The third kappa shape index (κ3) is 4.60. The monoisotopic (exact) mass is 338 g/mol. The lowest BCUT2D eigenvalue weighted by molar-refractivity contribution is -0.126. The highest BCUT2D eigenvalue weighted by Gasteiger charge is 2.21. The van der Waals surface area contributed by atoms with Crippen molar-refractivity contribution in [3.8, 4) is 0 Å². The minimum Gasteiger partial charge on any atom is -0.353 e. The Morgan fingerprint density at radius 3 is 2.85 bits per heavy atom. The zero-order valence-electron chi connectivity index (χ0n) is 12.0. The highest BCUT2D eigenvalue weighted by atomic mass is 79.9. The molecule has 1 aromatic carbocycles. The van der Waals surface area contributed by atoms with E-state index in [2.05, 4.69) is 45.6 Å². The fourth-order valence-corrected chi connectivity index (χ4v) is 3.10. The Hall–Kier alpha value is -0.870. The number of carbonyl (C=O) groups excluding carboxylic acids is 1. The molecule has 2 N–H and O–H groups in total. The first kappa shape index (κ1) is 15.5. The molecule has 1 unspecified atom stereocenters. The maximum Gasteiger partial charge on any atom is 0.223 e.